The number of carbonyl (C=O) groups is 1. The summed E-state index contributed by atoms with van der Waals surface area (Å²) in [5, 5.41) is 11.3. The number of aryl methyl sites for hydroxylation is 1. The molecule has 0 atom stereocenters. The topological polar surface area (TPSA) is 97.2 Å². The van der Waals surface area contributed by atoms with Gasteiger partial charge in [-0.1, -0.05) is 6.42 Å². The predicted octanol–water partition coefficient (Wildman–Crippen LogP) is 1.47. The maximum absolute atomic E-state index is 12.4. The summed E-state index contributed by atoms with van der Waals surface area (Å²) in [7, 11) is -3.21. The molecule has 144 valence electrons. The molecule has 27 heavy (non-hydrogen) atoms. The lowest BCUT2D eigenvalue weighted by Gasteiger charge is -2.17. The summed E-state index contributed by atoms with van der Waals surface area (Å²) < 4.78 is 27.5. The van der Waals surface area contributed by atoms with Crippen LogP contribution in [0.3, 0.4) is 0 Å². The van der Waals surface area contributed by atoms with E-state index < -0.39 is 10.0 Å². The molecule has 2 aliphatic heterocycles. The van der Waals surface area contributed by atoms with Crippen molar-refractivity contribution >= 4 is 21.6 Å². The second-order valence-corrected chi connectivity index (χ2v) is 8.98. The van der Waals surface area contributed by atoms with Crippen molar-refractivity contribution in [2.45, 2.75) is 45.2 Å². The average molecular weight is 389 g/mol. The van der Waals surface area contributed by atoms with Crippen LogP contribution >= 0.6 is 0 Å². The molecule has 0 bridgehead atoms. The highest BCUT2D eigenvalue weighted by Crippen LogP contribution is 2.24. The van der Waals surface area contributed by atoms with Gasteiger partial charge in [-0.25, -0.2) is 8.42 Å². The van der Waals surface area contributed by atoms with E-state index in [-0.39, 0.29) is 11.7 Å². The fourth-order valence-corrected chi connectivity index (χ4v) is 5.21. The highest BCUT2D eigenvalue weighted by molar-refractivity contribution is 7.93. The number of hydrogen-bond acceptors (Lipinski definition) is 5. The van der Waals surface area contributed by atoms with Crippen LogP contribution in [0.5, 0.6) is 0 Å². The molecule has 0 unspecified atom stereocenters. The Balaban J connectivity index is 1.41. The third-order valence-corrected chi connectivity index (χ3v) is 6.98. The van der Waals surface area contributed by atoms with Crippen molar-refractivity contribution in [2.75, 3.05) is 16.6 Å². The van der Waals surface area contributed by atoms with Crippen LogP contribution in [0.15, 0.2) is 24.3 Å². The number of nitrogens with one attached hydrogen (secondary N) is 1. The van der Waals surface area contributed by atoms with E-state index in [1.54, 1.807) is 24.3 Å². The van der Waals surface area contributed by atoms with Crippen molar-refractivity contribution < 1.29 is 13.2 Å². The fraction of sp³-hybridized carbons (Fsp3) is 0.500. The van der Waals surface area contributed by atoms with Gasteiger partial charge in [-0.05, 0) is 43.5 Å². The van der Waals surface area contributed by atoms with Crippen LogP contribution < -0.4 is 9.62 Å². The van der Waals surface area contributed by atoms with E-state index in [9.17, 15) is 13.2 Å². The molecule has 4 rings (SSSR count). The Kier molecular flexibility index (Phi) is 4.86. The Labute approximate surface area is 158 Å². The van der Waals surface area contributed by atoms with Crippen LogP contribution in [-0.4, -0.2) is 41.4 Å². The Bertz CT molecular complexity index is 936. The molecule has 1 N–H and O–H groups in total. The number of amides is 1. The zero-order valence-electron chi connectivity index (χ0n) is 15.1. The lowest BCUT2D eigenvalue weighted by atomic mass is 10.2. The molecule has 0 spiro atoms. The van der Waals surface area contributed by atoms with Gasteiger partial charge in [0, 0.05) is 25.1 Å². The molecule has 0 saturated carbocycles. The first-order valence-corrected chi connectivity index (χ1v) is 11.0. The Morgan fingerprint density at radius 2 is 1.85 bits per heavy atom. The molecule has 2 aromatic rings. The summed E-state index contributed by atoms with van der Waals surface area (Å²) in [5.41, 5.74) is 1.10. The first-order chi connectivity index (χ1) is 13.0. The third kappa shape index (κ3) is 3.69. The molecule has 1 aromatic carbocycles. The minimum absolute atomic E-state index is 0.178. The zero-order valence-corrected chi connectivity index (χ0v) is 15.9. The van der Waals surface area contributed by atoms with Crippen molar-refractivity contribution in [1.82, 2.24) is 20.1 Å². The second-order valence-electron chi connectivity index (χ2n) is 6.97. The van der Waals surface area contributed by atoms with Gasteiger partial charge in [0.05, 0.1) is 18.0 Å². The highest BCUT2D eigenvalue weighted by Gasteiger charge is 2.28. The fourth-order valence-electron chi connectivity index (χ4n) is 3.65. The molecular formula is C18H23N5O3S. The summed E-state index contributed by atoms with van der Waals surface area (Å²) in [6.07, 6.45) is 4.99. The van der Waals surface area contributed by atoms with Crippen LogP contribution in [0, 0.1) is 0 Å². The number of fused-ring (bicyclic) bond motifs is 1. The van der Waals surface area contributed by atoms with E-state index in [4.69, 9.17) is 0 Å². The van der Waals surface area contributed by atoms with Crippen LogP contribution in [0.2, 0.25) is 0 Å². The summed E-state index contributed by atoms with van der Waals surface area (Å²) in [6, 6.07) is 6.67. The predicted molar refractivity (Wildman–Crippen MR) is 101 cm³/mol. The first-order valence-electron chi connectivity index (χ1n) is 9.34. The summed E-state index contributed by atoms with van der Waals surface area (Å²) in [6.45, 7) is 1.71. The number of carbonyl (C=O) groups excluding carboxylic acids is 1. The van der Waals surface area contributed by atoms with E-state index in [1.165, 1.54) is 10.7 Å². The van der Waals surface area contributed by atoms with Gasteiger partial charge in [0.25, 0.3) is 5.91 Å². The molecule has 1 saturated heterocycles. The van der Waals surface area contributed by atoms with Gasteiger partial charge >= 0.3 is 0 Å². The van der Waals surface area contributed by atoms with Crippen molar-refractivity contribution in [3.05, 3.63) is 41.5 Å². The van der Waals surface area contributed by atoms with Crippen LogP contribution in [-0.2, 0) is 29.5 Å². The summed E-state index contributed by atoms with van der Waals surface area (Å²) in [5.74, 6) is 1.74. The normalized spacial score (nSPS) is 18.7. The molecule has 9 heteroatoms. The average Bonchev–Trinajstić information content (AvgIpc) is 3.13. The molecule has 3 heterocycles. The van der Waals surface area contributed by atoms with Crippen molar-refractivity contribution in [1.29, 1.82) is 0 Å². The maximum Gasteiger partial charge on any atom is 0.251 e. The Hall–Kier alpha value is -2.42. The number of sulfonamides is 1. The molecule has 1 fully saturated rings. The minimum atomic E-state index is -3.21. The number of rotatable bonds is 4. The largest absolute Gasteiger partial charge is 0.345 e. The number of anilines is 1. The standard InChI is InChI=1S/C18H23N5O3S/c24-18(19-13-17-21-20-16-5-2-1-3-10-22(16)17)14-6-8-15(9-7-14)23-11-4-12-27(23,25)26/h6-9H,1-5,10-13H2,(H,19,24). The highest BCUT2D eigenvalue weighted by atomic mass is 32.2. The van der Waals surface area contributed by atoms with Crippen LogP contribution in [0.25, 0.3) is 0 Å². The van der Waals surface area contributed by atoms with Gasteiger partial charge in [-0.2, -0.15) is 0 Å². The molecule has 1 aromatic heterocycles. The van der Waals surface area contributed by atoms with Gasteiger partial charge in [-0.15, -0.1) is 10.2 Å². The minimum Gasteiger partial charge on any atom is -0.345 e. The number of hydrogen-bond donors (Lipinski definition) is 1. The van der Waals surface area contributed by atoms with Gasteiger partial charge in [0.15, 0.2) is 5.82 Å². The zero-order chi connectivity index (χ0) is 18.9. The molecule has 2 aliphatic rings. The van der Waals surface area contributed by atoms with Crippen LogP contribution in [0.1, 0.15) is 47.7 Å². The summed E-state index contributed by atoms with van der Waals surface area (Å²) in [4.78, 5) is 12.4. The van der Waals surface area contributed by atoms with Gasteiger partial charge in [0.1, 0.15) is 5.82 Å². The molecular weight excluding hydrogens is 366 g/mol. The summed E-state index contributed by atoms with van der Waals surface area (Å²) >= 11 is 0. The number of benzene rings is 1. The Morgan fingerprint density at radius 3 is 2.59 bits per heavy atom. The van der Waals surface area contributed by atoms with Crippen molar-refractivity contribution in [3.63, 3.8) is 0 Å². The van der Waals surface area contributed by atoms with Gasteiger partial charge in [-0.3, -0.25) is 9.10 Å². The van der Waals surface area contributed by atoms with E-state index in [1.807, 2.05) is 0 Å². The van der Waals surface area contributed by atoms with E-state index in [0.29, 0.717) is 30.8 Å². The molecule has 0 aliphatic carbocycles. The quantitative estimate of drug-likeness (QED) is 0.854. The van der Waals surface area contributed by atoms with E-state index in [0.717, 1.165) is 37.5 Å². The second kappa shape index (κ2) is 7.30. The Morgan fingerprint density at radius 1 is 1.04 bits per heavy atom. The monoisotopic (exact) mass is 389 g/mol. The van der Waals surface area contributed by atoms with Gasteiger partial charge in [0.2, 0.25) is 10.0 Å². The lowest BCUT2D eigenvalue weighted by molar-refractivity contribution is 0.0949. The lowest BCUT2D eigenvalue weighted by Crippen LogP contribution is -2.26. The van der Waals surface area contributed by atoms with Crippen molar-refractivity contribution in [3.8, 4) is 0 Å². The van der Waals surface area contributed by atoms with Gasteiger partial charge < -0.3 is 9.88 Å². The SMILES string of the molecule is O=C(NCc1nnc2n1CCCCC2)c1ccc(N2CCCS2(=O)=O)cc1. The van der Waals surface area contributed by atoms with Crippen LogP contribution in [0.4, 0.5) is 5.69 Å². The van der Waals surface area contributed by atoms with E-state index >= 15 is 0 Å². The number of nitrogens with zero attached hydrogens (tertiary/aromatic N) is 4. The smallest absolute Gasteiger partial charge is 0.251 e. The third-order valence-electron chi connectivity index (χ3n) is 5.11. The molecule has 0 radical (unpaired) electrons. The molecule has 1 amide bonds. The number of aromatic nitrogens is 3. The molecule has 8 nitrogen and oxygen atoms in total. The van der Waals surface area contributed by atoms with Crippen molar-refractivity contribution in [2.24, 2.45) is 0 Å². The first kappa shape index (κ1) is 18.0. The maximum atomic E-state index is 12.4. The van der Waals surface area contributed by atoms with E-state index in [2.05, 4.69) is 20.1 Å².